The Hall–Kier alpha value is -2.04. The number of aliphatic hydroxyl groups excluding tert-OH is 1. The van der Waals surface area contributed by atoms with Crippen LogP contribution in [0.25, 0.3) is 0 Å². The number of rotatable bonds is 12. The van der Waals surface area contributed by atoms with Gasteiger partial charge < -0.3 is 19.3 Å². The van der Waals surface area contributed by atoms with E-state index < -0.39 is 6.10 Å². The van der Waals surface area contributed by atoms with Gasteiger partial charge in [-0.25, -0.2) is 0 Å². The smallest absolute Gasteiger partial charge is 0.134 e. The minimum atomic E-state index is -0.415. The highest BCUT2D eigenvalue weighted by atomic mass is 16.6. The average Bonchev–Trinajstić information content (AvgIpc) is 3.60. The van der Waals surface area contributed by atoms with Crippen molar-refractivity contribution >= 4 is 0 Å². The molecule has 0 aliphatic carbocycles. The van der Waals surface area contributed by atoms with Gasteiger partial charge in [-0.05, 0) is 67.5 Å². The average molecular weight is 413 g/mol. The lowest BCUT2D eigenvalue weighted by molar-refractivity contribution is 0.0521. The number of hydrogen-bond donors (Lipinski definition) is 1. The first-order valence-electron chi connectivity index (χ1n) is 11.2. The Balaban J connectivity index is 1.49. The molecule has 30 heavy (non-hydrogen) atoms. The molecule has 4 atom stereocenters. The fourth-order valence-corrected chi connectivity index (χ4v) is 3.54. The molecule has 1 fully saturated rings. The second kappa shape index (κ2) is 10.3. The van der Waals surface area contributed by atoms with Gasteiger partial charge in [0, 0.05) is 0 Å². The molecule has 1 N–H and O–H groups in total. The van der Waals surface area contributed by atoms with E-state index in [9.17, 15) is 5.11 Å². The highest BCUT2D eigenvalue weighted by Gasteiger charge is 2.44. The monoisotopic (exact) mass is 412 g/mol. The molecule has 164 valence electrons. The molecule has 0 saturated carbocycles. The first-order chi connectivity index (χ1) is 14.4. The van der Waals surface area contributed by atoms with Crippen molar-refractivity contribution in [1.29, 1.82) is 0 Å². The van der Waals surface area contributed by atoms with E-state index in [2.05, 4.69) is 52.0 Å². The number of aliphatic hydroxyl groups is 1. The van der Waals surface area contributed by atoms with Crippen molar-refractivity contribution in [3.63, 3.8) is 0 Å². The van der Waals surface area contributed by atoms with Gasteiger partial charge in [0.1, 0.15) is 29.8 Å². The van der Waals surface area contributed by atoms with Crippen LogP contribution in [0.4, 0.5) is 0 Å². The van der Waals surface area contributed by atoms with E-state index in [1.165, 1.54) is 11.1 Å². The standard InChI is InChI=1S/C26H36O4/c1-5-19(3)15-22(27)17-28-23-11-7-20(8-12-23)16-21-9-13-24(14-10-21)30-26(4,6-2)25-18-29-25/h7-14,19,22,25,27H,5-6,15-18H2,1-4H3. The van der Waals surface area contributed by atoms with Gasteiger partial charge in [-0.1, -0.05) is 51.5 Å². The van der Waals surface area contributed by atoms with E-state index in [0.29, 0.717) is 12.5 Å². The van der Waals surface area contributed by atoms with E-state index in [1.54, 1.807) is 0 Å². The van der Waals surface area contributed by atoms with Gasteiger partial charge in [-0.2, -0.15) is 0 Å². The summed E-state index contributed by atoms with van der Waals surface area (Å²) in [7, 11) is 0. The van der Waals surface area contributed by atoms with Crippen molar-refractivity contribution in [3.05, 3.63) is 59.7 Å². The molecule has 0 radical (unpaired) electrons. The van der Waals surface area contributed by atoms with Crippen LogP contribution in [0.3, 0.4) is 0 Å². The Bertz CT molecular complexity index is 767. The first-order valence-corrected chi connectivity index (χ1v) is 11.2. The van der Waals surface area contributed by atoms with Crippen molar-refractivity contribution in [2.24, 2.45) is 5.92 Å². The fraction of sp³-hybridized carbons (Fsp3) is 0.538. The van der Waals surface area contributed by atoms with Crippen molar-refractivity contribution in [3.8, 4) is 11.5 Å². The van der Waals surface area contributed by atoms with E-state index in [1.807, 2.05) is 24.3 Å². The van der Waals surface area contributed by atoms with Crippen LogP contribution in [-0.2, 0) is 11.2 Å². The summed E-state index contributed by atoms with van der Waals surface area (Å²) in [4.78, 5) is 0. The predicted octanol–water partition coefficient (Wildman–Crippen LogP) is 5.40. The van der Waals surface area contributed by atoms with Gasteiger partial charge in [-0.3, -0.25) is 0 Å². The third-order valence-electron chi connectivity index (χ3n) is 6.14. The van der Waals surface area contributed by atoms with Crippen molar-refractivity contribution in [1.82, 2.24) is 0 Å². The third kappa shape index (κ3) is 6.48. The lowest BCUT2D eigenvalue weighted by Gasteiger charge is -2.28. The molecule has 1 heterocycles. The zero-order valence-corrected chi connectivity index (χ0v) is 18.8. The van der Waals surface area contributed by atoms with Crippen LogP contribution in [0.2, 0.25) is 0 Å². The molecule has 1 aliphatic rings. The lowest BCUT2D eigenvalue weighted by atomic mass is 9.99. The Morgan fingerprint density at radius 2 is 1.60 bits per heavy atom. The molecule has 2 aromatic rings. The summed E-state index contributed by atoms with van der Waals surface area (Å²) in [6, 6.07) is 16.4. The lowest BCUT2D eigenvalue weighted by Crippen LogP contribution is -2.37. The molecular formula is C26H36O4. The molecule has 0 aromatic heterocycles. The normalized spacial score (nSPS) is 19.6. The van der Waals surface area contributed by atoms with Crippen molar-refractivity contribution < 1.29 is 19.3 Å². The van der Waals surface area contributed by atoms with E-state index in [0.717, 1.165) is 43.8 Å². The van der Waals surface area contributed by atoms with Gasteiger partial charge >= 0.3 is 0 Å². The molecule has 4 heteroatoms. The Kier molecular flexibility index (Phi) is 7.79. The van der Waals surface area contributed by atoms with Crippen LogP contribution in [0.1, 0.15) is 58.1 Å². The molecular weight excluding hydrogens is 376 g/mol. The second-order valence-corrected chi connectivity index (χ2v) is 8.77. The van der Waals surface area contributed by atoms with Gasteiger partial charge in [0.05, 0.1) is 12.7 Å². The van der Waals surface area contributed by atoms with E-state index in [-0.39, 0.29) is 11.7 Å². The SMILES string of the molecule is CCC(C)CC(O)COc1ccc(Cc2ccc(OC(C)(CC)C3CO3)cc2)cc1. The largest absolute Gasteiger partial charge is 0.491 e. The Morgan fingerprint density at radius 1 is 1.03 bits per heavy atom. The fourth-order valence-electron chi connectivity index (χ4n) is 3.54. The maximum Gasteiger partial charge on any atom is 0.134 e. The van der Waals surface area contributed by atoms with E-state index >= 15 is 0 Å². The highest BCUT2D eigenvalue weighted by Crippen LogP contribution is 2.32. The minimum Gasteiger partial charge on any atom is -0.491 e. The predicted molar refractivity (Wildman–Crippen MR) is 120 cm³/mol. The van der Waals surface area contributed by atoms with Crippen LogP contribution in [0, 0.1) is 5.92 Å². The summed E-state index contributed by atoms with van der Waals surface area (Å²) < 4.78 is 17.4. The molecule has 4 nitrogen and oxygen atoms in total. The summed E-state index contributed by atoms with van der Waals surface area (Å²) in [6.45, 7) is 9.68. The topological polar surface area (TPSA) is 51.2 Å². The van der Waals surface area contributed by atoms with Gasteiger partial charge in [0.25, 0.3) is 0 Å². The first kappa shape index (κ1) is 22.6. The molecule has 0 spiro atoms. The number of epoxide rings is 1. The van der Waals surface area contributed by atoms with E-state index in [4.69, 9.17) is 14.2 Å². The number of ether oxygens (including phenoxy) is 3. The Morgan fingerprint density at radius 3 is 2.10 bits per heavy atom. The number of hydrogen-bond acceptors (Lipinski definition) is 4. The highest BCUT2D eigenvalue weighted by molar-refractivity contribution is 5.34. The van der Waals surface area contributed by atoms with Crippen LogP contribution >= 0.6 is 0 Å². The molecule has 1 aliphatic heterocycles. The Labute approximate surface area is 181 Å². The van der Waals surface area contributed by atoms with Gasteiger partial charge in [-0.15, -0.1) is 0 Å². The quantitative estimate of drug-likeness (QED) is 0.474. The van der Waals surface area contributed by atoms with Crippen molar-refractivity contribution in [2.75, 3.05) is 13.2 Å². The third-order valence-corrected chi connectivity index (χ3v) is 6.14. The zero-order chi connectivity index (χ0) is 21.6. The summed E-state index contributed by atoms with van der Waals surface area (Å²) in [6.07, 6.45) is 3.42. The number of benzene rings is 2. The molecule has 3 rings (SSSR count). The van der Waals surface area contributed by atoms with Crippen LogP contribution in [0.5, 0.6) is 11.5 Å². The molecule has 0 amide bonds. The summed E-state index contributed by atoms with van der Waals surface area (Å²) >= 11 is 0. The van der Waals surface area contributed by atoms with Crippen LogP contribution in [0.15, 0.2) is 48.5 Å². The molecule has 0 bridgehead atoms. The minimum absolute atomic E-state index is 0.207. The molecule has 1 saturated heterocycles. The molecule has 2 aromatic carbocycles. The van der Waals surface area contributed by atoms with Crippen LogP contribution in [-0.4, -0.2) is 36.1 Å². The maximum atomic E-state index is 10.1. The second-order valence-electron chi connectivity index (χ2n) is 8.77. The van der Waals surface area contributed by atoms with Crippen molar-refractivity contribution in [2.45, 2.75) is 71.2 Å². The van der Waals surface area contributed by atoms with Gasteiger partial charge in [0.2, 0.25) is 0 Å². The molecule has 4 unspecified atom stereocenters. The van der Waals surface area contributed by atoms with Gasteiger partial charge in [0.15, 0.2) is 0 Å². The summed E-state index contributed by atoms with van der Waals surface area (Å²) in [5, 5.41) is 10.1. The summed E-state index contributed by atoms with van der Waals surface area (Å²) in [5.41, 5.74) is 2.21. The maximum absolute atomic E-state index is 10.1. The zero-order valence-electron chi connectivity index (χ0n) is 18.8. The summed E-state index contributed by atoms with van der Waals surface area (Å²) in [5.74, 6) is 2.20. The van der Waals surface area contributed by atoms with Crippen LogP contribution < -0.4 is 9.47 Å².